The number of halogens is 1. The molecule has 2 heterocycles. The van der Waals surface area contributed by atoms with Crippen LogP contribution in [0.5, 0.6) is 0 Å². The average Bonchev–Trinajstić information content (AvgIpc) is 0.795. The van der Waals surface area contributed by atoms with Gasteiger partial charge >= 0.3 is 32.7 Å². The van der Waals surface area contributed by atoms with E-state index in [-0.39, 0.29) is 21.2 Å². The SMILES string of the molecule is CP(C)C.C[N+](C)(C)C.Cc1[o+]c(C)c(C)c(C)c1C.Cc1c(C)c(C)[n+](C)c(C)c1C.Cc1c(C)c(C)c([C+](c2c(C)c(C)c(C)c(C)c2C)c2c(C)c(C)c(C)c(C)c2C)c(C)c1C.Cc1c(C)c(C)c([I+]c2c(C)c(C)c(C)c(C)c2C)c(C)c1C. The van der Waals surface area contributed by atoms with Crippen molar-refractivity contribution in [2.24, 2.45) is 7.05 Å². The summed E-state index contributed by atoms with van der Waals surface area (Å²) in [5.74, 6) is 3.50. The molecule has 0 saturated carbocycles. The molecule has 5 aromatic carbocycles. The van der Waals surface area contributed by atoms with Crippen LogP contribution in [0.25, 0.3) is 0 Å². The summed E-state index contributed by atoms with van der Waals surface area (Å²) in [7, 11) is 11.0. The Morgan fingerprint density at radius 3 is 0.596 bits per heavy atom. The summed E-state index contributed by atoms with van der Waals surface area (Å²) in [6.07, 6.45) is 0. The Kier molecular flexibility index (Phi) is 29.2. The number of aryl methyl sites for hydroxylation is 2. The first-order valence-corrected chi connectivity index (χ1v) is 37.4. The minimum Gasteiger partial charge on any atom is -0.333 e. The Hall–Kier alpha value is -4.61. The van der Waals surface area contributed by atoms with Gasteiger partial charge in [-0.05, 0) is 329 Å². The van der Waals surface area contributed by atoms with E-state index in [1.54, 1.807) is 7.14 Å². The fraction of sp³-hybridized carbons (Fsp3) is 0.512. The molecule has 0 bridgehead atoms. The first kappa shape index (κ1) is 80.5. The van der Waals surface area contributed by atoms with Crippen molar-refractivity contribution < 1.29 is 34.7 Å². The highest BCUT2D eigenvalue weighted by Gasteiger charge is 2.37. The molecule has 0 fully saturated rings. The highest BCUT2D eigenvalue weighted by molar-refractivity contribution is 7.55. The standard InChI is InChI=1S/C34H45.C22H30I.C11H18N.C10H15O.C4H12N.C3H9P/c1-16-19(4)25(10)31(26(11)20(16)5)34(32-27(12)21(6)17(2)22(7)28(32)13)33-29(14)23(8)18(3)24(9)30(33)15;1-11-13(3)17(7)21(18(8)14(11)4)23-22-19(9)15(5)12(2)16(6)20(22)10;1-7-8(2)10(4)12(6)11(5)9(7)3;1-6-7(2)9(4)11-10(5)8(6)3;1-5(2,3)4;1-4(2)3/h1-15H3;1-10H3;1-6H3;1-5H3;1-4H3;1-3H3/q5*+1;. The smallest absolute Gasteiger partial charge is 0.333 e. The van der Waals surface area contributed by atoms with Crippen LogP contribution in [0.2, 0.25) is 0 Å². The molecule has 7 aromatic rings. The Morgan fingerprint density at radius 2 is 0.404 bits per heavy atom. The molecule has 5 heteroatoms. The van der Waals surface area contributed by atoms with E-state index in [2.05, 4.69) is 288 Å². The molecular formula is C84H129IN2OP+5. The zero-order valence-corrected chi connectivity index (χ0v) is 68.7. The predicted octanol–water partition coefficient (Wildman–Crippen LogP) is 19.1. The second-order valence-electron chi connectivity index (χ2n) is 28.6. The molecule has 0 amide bonds. The maximum Gasteiger partial charge on any atom is 0.359 e. The van der Waals surface area contributed by atoms with Crippen molar-refractivity contribution in [3.8, 4) is 0 Å². The van der Waals surface area contributed by atoms with Gasteiger partial charge in [-0.15, -0.1) is 7.92 Å². The molecule has 0 atom stereocenters. The van der Waals surface area contributed by atoms with Crippen LogP contribution in [0.3, 0.4) is 0 Å². The van der Waals surface area contributed by atoms with E-state index in [4.69, 9.17) is 4.42 Å². The fourth-order valence-electron chi connectivity index (χ4n) is 12.1. The van der Waals surface area contributed by atoms with Crippen LogP contribution in [-0.2, 0) is 7.05 Å². The fourth-order valence-corrected chi connectivity index (χ4v) is 15.8. The second-order valence-corrected chi connectivity index (χ2v) is 33.9. The number of quaternary nitrogens is 1. The molecule has 0 aliphatic rings. The third-order valence-corrected chi connectivity index (χ3v) is 25.8. The van der Waals surface area contributed by atoms with Gasteiger partial charge in [0.15, 0.2) is 11.4 Å². The van der Waals surface area contributed by atoms with Crippen molar-refractivity contribution >= 4 is 7.92 Å². The van der Waals surface area contributed by atoms with Gasteiger partial charge in [-0.2, -0.15) is 0 Å². The Morgan fingerprint density at radius 1 is 0.258 bits per heavy atom. The highest BCUT2D eigenvalue weighted by Crippen LogP contribution is 2.46. The average molecular weight is 1340 g/mol. The van der Waals surface area contributed by atoms with Gasteiger partial charge in [-0.25, -0.2) is 8.98 Å². The molecule has 89 heavy (non-hydrogen) atoms. The van der Waals surface area contributed by atoms with Crippen LogP contribution >= 0.6 is 7.92 Å². The van der Waals surface area contributed by atoms with Crippen molar-refractivity contribution in [1.82, 2.24) is 0 Å². The van der Waals surface area contributed by atoms with E-state index in [9.17, 15) is 0 Å². The third-order valence-electron chi connectivity index (χ3n) is 21.5. The molecule has 0 aliphatic carbocycles. The Bertz CT molecular complexity index is 3260. The van der Waals surface area contributed by atoms with Crippen LogP contribution in [0.4, 0.5) is 0 Å². The molecule has 0 spiro atoms. The summed E-state index contributed by atoms with van der Waals surface area (Å²) < 4.78 is 12.1. The summed E-state index contributed by atoms with van der Waals surface area (Å²) >= 11 is -0.151. The monoisotopic (exact) mass is 1340 g/mol. The lowest BCUT2D eigenvalue weighted by Gasteiger charge is -2.29. The summed E-state index contributed by atoms with van der Waals surface area (Å²) in [5.41, 5.74) is 51.5. The number of aromatic nitrogens is 1. The van der Waals surface area contributed by atoms with E-state index < -0.39 is 0 Å². The molecule has 0 radical (unpaired) electrons. The quantitative estimate of drug-likeness (QED) is 0.0319. The molecule has 0 unspecified atom stereocenters. The minimum atomic E-state index is -0.151. The number of nitrogens with zero attached hydrogens (tertiary/aromatic N) is 2. The van der Waals surface area contributed by atoms with Gasteiger partial charge in [0, 0.05) is 80.6 Å². The lowest BCUT2D eigenvalue weighted by molar-refractivity contribution is -0.849. The Labute approximate surface area is 561 Å². The number of benzene rings is 5. The molecule has 488 valence electrons. The van der Waals surface area contributed by atoms with Gasteiger partial charge < -0.3 is 4.48 Å². The first-order valence-electron chi connectivity index (χ1n) is 32.6. The largest absolute Gasteiger partial charge is 0.359 e. The number of pyridine rings is 1. The van der Waals surface area contributed by atoms with Gasteiger partial charge in [-0.1, -0.05) is 0 Å². The van der Waals surface area contributed by atoms with Crippen LogP contribution in [0.15, 0.2) is 4.42 Å². The molecule has 0 saturated heterocycles. The molecular weight excluding hydrogens is 1210 g/mol. The molecule has 7 rings (SSSR count). The zero-order valence-electron chi connectivity index (χ0n) is 65.6. The van der Waals surface area contributed by atoms with Gasteiger partial charge in [0.2, 0.25) is 7.14 Å². The van der Waals surface area contributed by atoms with E-state index in [1.807, 2.05) is 13.8 Å². The summed E-state index contributed by atoms with van der Waals surface area (Å²) in [6.45, 7) is 85.6. The lowest BCUT2D eigenvalue weighted by Crippen LogP contribution is -3.62. The maximum absolute atomic E-state index is 5.52. The molecule has 2 aromatic heterocycles. The number of hydrogen-bond acceptors (Lipinski definition) is 0. The van der Waals surface area contributed by atoms with E-state index in [0.29, 0.717) is 7.92 Å². The molecule has 3 nitrogen and oxygen atoms in total. The first-order chi connectivity index (χ1) is 40.5. The van der Waals surface area contributed by atoms with E-state index >= 15 is 0 Å². The Balaban J connectivity index is 0.000000419. The summed E-state index contributed by atoms with van der Waals surface area (Å²) in [4.78, 5) is 0. The minimum absolute atomic E-state index is 0.151. The summed E-state index contributed by atoms with van der Waals surface area (Å²) in [5, 5.41) is 0. The van der Waals surface area contributed by atoms with Crippen molar-refractivity contribution in [1.29, 1.82) is 0 Å². The lowest BCUT2D eigenvalue weighted by atomic mass is 9.70. The van der Waals surface area contributed by atoms with E-state index in [0.717, 1.165) is 16.0 Å². The maximum atomic E-state index is 5.52. The van der Waals surface area contributed by atoms with Crippen LogP contribution in [0.1, 0.15) is 212 Å². The zero-order chi connectivity index (χ0) is 69.7. The predicted molar refractivity (Wildman–Crippen MR) is 395 cm³/mol. The van der Waals surface area contributed by atoms with Crippen molar-refractivity contribution in [2.45, 2.75) is 242 Å². The number of rotatable bonds is 5. The normalized spacial score (nSPS) is 11.0. The van der Waals surface area contributed by atoms with Crippen LogP contribution < -0.4 is 25.8 Å². The van der Waals surface area contributed by atoms with Gasteiger partial charge in [-0.3, -0.25) is 0 Å². The van der Waals surface area contributed by atoms with E-state index in [1.165, 1.54) is 206 Å². The highest BCUT2D eigenvalue weighted by atomic mass is 127. The topological polar surface area (TPSA) is 15.2 Å². The second kappa shape index (κ2) is 32.3. The van der Waals surface area contributed by atoms with Gasteiger partial charge in [0.1, 0.15) is 7.05 Å². The van der Waals surface area contributed by atoms with Crippen molar-refractivity contribution in [2.75, 3.05) is 48.2 Å². The van der Waals surface area contributed by atoms with Crippen molar-refractivity contribution in [3.05, 3.63) is 225 Å². The summed E-state index contributed by atoms with van der Waals surface area (Å²) in [6, 6.07) is 0. The van der Waals surface area contributed by atoms with Crippen LogP contribution in [-0.4, -0.2) is 52.7 Å². The van der Waals surface area contributed by atoms with Gasteiger partial charge in [0.25, 0.3) is 0 Å². The third kappa shape index (κ3) is 18.0. The van der Waals surface area contributed by atoms with Crippen molar-refractivity contribution in [3.63, 3.8) is 0 Å². The molecule has 0 N–H and O–H groups in total. The van der Waals surface area contributed by atoms with Gasteiger partial charge in [0.05, 0.1) is 75.8 Å². The number of hydrogen-bond donors (Lipinski definition) is 0. The van der Waals surface area contributed by atoms with Crippen LogP contribution in [0, 0.1) is 255 Å². The molecule has 0 aliphatic heterocycles.